The topological polar surface area (TPSA) is 84.2 Å². The molecular weight excluding hydrogens is 285 g/mol. The summed E-state index contributed by atoms with van der Waals surface area (Å²) in [5, 5.41) is 5.64. The molecule has 0 radical (unpaired) electrons. The van der Waals surface area contributed by atoms with E-state index >= 15 is 0 Å². The first-order valence-electron chi connectivity index (χ1n) is 6.68. The lowest BCUT2D eigenvalue weighted by Gasteiger charge is -2.15. The highest BCUT2D eigenvalue weighted by Crippen LogP contribution is 2.13. The number of primary amides is 1. The number of anilines is 2. The van der Waals surface area contributed by atoms with Crippen molar-refractivity contribution in [3.05, 3.63) is 59.9 Å². The Bertz CT molecular complexity index is 686. The highest BCUT2D eigenvalue weighted by Gasteiger charge is 2.13. The van der Waals surface area contributed by atoms with Crippen molar-refractivity contribution in [1.29, 1.82) is 0 Å². The molecule has 2 aromatic carbocycles. The third-order valence-electron chi connectivity index (χ3n) is 3.04. The number of hydrogen-bond donors (Lipinski definition) is 3. The molecule has 0 aliphatic rings. The molecule has 22 heavy (non-hydrogen) atoms. The van der Waals surface area contributed by atoms with Gasteiger partial charge in [-0.2, -0.15) is 0 Å². The molecule has 2 amide bonds. The lowest BCUT2D eigenvalue weighted by Crippen LogP contribution is -2.31. The van der Waals surface area contributed by atoms with Gasteiger partial charge in [-0.1, -0.05) is 6.07 Å². The number of nitrogens with two attached hydrogens (primary N) is 1. The van der Waals surface area contributed by atoms with Crippen LogP contribution < -0.4 is 16.4 Å². The van der Waals surface area contributed by atoms with Crippen LogP contribution in [-0.2, 0) is 4.79 Å². The second-order valence-corrected chi connectivity index (χ2v) is 4.81. The second-order valence-electron chi connectivity index (χ2n) is 4.81. The SMILES string of the molecule is CC(Nc1cccc(C(N)=O)c1)C(=O)Nc1ccc(F)cc1. The van der Waals surface area contributed by atoms with Crippen LogP contribution in [0.3, 0.4) is 0 Å². The second kappa shape index (κ2) is 6.71. The normalized spacial score (nSPS) is 11.5. The first-order chi connectivity index (χ1) is 10.5. The van der Waals surface area contributed by atoms with E-state index in [1.165, 1.54) is 24.3 Å². The molecule has 0 aromatic heterocycles. The van der Waals surface area contributed by atoms with Crippen LogP contribution in [0.15, 0.2) is 48.5 Å². The number of benzene rings is 2. The van der Waals surface area contributed by atoms with Crippen molar-refractivity contribution in [2.75, 3.05) is 10.6 Å². The summed E-state index contributed by atoms with van der Waals surface area (Å²) in [6.07, 6.45) is 0. The van der Waals surface area contributed by atoms with Gasteiger partial charge in [-0.25, -0.2) is 4.39 Å². The number of carbonyl (C=O) groups excluding carboxylic acids is 2. The van der Waals surface area contributed by atoms with Crippen molar-refractivity contribution < 1.29 is 14.0 Å². The summed E-state index contributed by atoms with van der Waals surface area (Å²) in [6.45, 7) is 1.68. The minimum atomic E-state index is -0.548. The van der Waals surface area contributed by atoms with E-state index in [9.17, 15) is 14.0 Å². The maximum absolute atomic E-state index is 12.8. The summed E-state index contributed by atoms with van der Waals surface area (Å²) >= 11 is 0. The smallest absolute Gasteiger partial charge is 0.248 e. The van der Waals surface area contributed by atoms with Crippen LogP contribution in [-0.4, -0.2) is 17.9 Å². The summed E-state index contributed by atoms with van der Waals surface area (Å²) in [5.41, 5.74) is 6.68. The maximum Gasteiger partial charge on any atom is 0.248 e. The van der Waals surface area contributed by atoms with Crippen LogP contribution in [0.4, 0.5) is 15.8 Å². The van der Waals surface area contributed by atoms with Gasteiger partial charge in [0, 0.05) is 16.9 Å². The molecule has 2 rings (SSSR count). The van der Waals surface area contributed by atoms with Crippen LogP contribution >= 0.6 is 0 Å². The van der Waals surface area contributed by atoms with E-state index in [2.05, 4.69) is 10.6 Å². The van der Waals surface area contributed by atoms with Crippen LogP contribution in [0.25, 0.3) is 0 Å². The third-order valence-corrected chi connectivity index (χ3v) is 3.04. The van der Waals surface area contributed by atoms with Crippen molar-refractivity contribution in [2.45, 2.75) is 13.0 Å². The van der Waals surface area contributed by atoms with E-state index < -0.39 is 11.9 Å². The zero-order chi connectivity index (χ0) is 16.1. The van der Waals surface area contributed by atoms with E-state index in [4.69, 9.17) is 5.73 Å². The van der Waals surface area contributed by atoms with Crippen molar-refractivity contribution in [3.63, 3.8) is 0 Å². The molecule has 5 nitrogen and oxygen atoms in total. The molecule has 0 aliphatic heterocycles. The van der Waals surface area contributed by atoms with E-state index in [-0.39, 0.29) is 11.7 Å². The molecule has 0 bridgehead atoms. The lowest BCUT2D eigenvalue weighted by molar-refractivity contribution is -0.116. The molecule has 1 unspecified atom stereocenters. The van der Waals surface area contributed by atoms with Crippen molar-refractivity contribution in [2.24, 2.45) is 5.73 Å². The number of rotatable bonds is 5. The molecule has 2 aromatic rings. The zero-order valence-electron chi connectivity index (χ0n) is 12.0. The monoisotopic (exact) mass is 301 g/mol. The Kier molecular flexibility index (Phi) is 4.73. The minimum absolute atomic E-state index is 0.281. The largest absolute Gasteiger partial charge is 0.374 e. The fraction of sp³-hybridized carbons (Fsp3) is 0.125. The quantitative estimate of drug-likeness (QED) is 0.792. The molecule has 0 heterocycles. The van der Waals surface area contributed by atoms with Gasteiger partial charge >= 0.3 is 0 Å². The Morgan fingerprint density at radius 1 is 1.09 bits per heavy atom. The number of amides is 2. The number of carbonyl (C=O) groups is 2. The van der Waals surface area contributed by atoms with Crippen LogP contribution in [0.1, 0.15) is 17.3 Å². The fourth-order valence-electron chi connectivity index (χ4n) is 1.86. The summed E-state index contributed by atoms with van der Waals surface area (Å²) in [6, 6.07) is 11.5. The van der Waals surface area contributed by atoms with Crippen molar-refractivity contribution in [3.8, 4) is 0 Å². The van der Waals surface area contributed by atoms with Crippen molar-refractivity contribution >= 4 is 23.2 Å². The molecular formula is C16H16FN3O2. The van der Waals surface area contributed by atoms with E-state index in [0.29, 0.717) is 16.9 Å². The summed E-state index contributed by atoms with van der Waals surface area (Å²) in [7, 11) is 0. The van der Waals surface area contributed by atoms with Gasteiger partial charge in [0.15, 0.2) is 0 Å². The maximum atomic E-state index is 12.8. The highest BCUT2D eigenvalue weighted by atomic mass is 19.1. The van der Waals surface area contributed by atoms with Gasteiger partial charge in [0.25, 0.3) is 0 Å². The number of nitrogens with one attached hydrogen (secondary N) is 2. The van der Waals surface area contributed by atoms with Crippen LogP contribution in [0, 0.1) is 5.82 Å². The standard InChI is InChI=1S/C16H16FN3O2/c1-10(16(22)20-13-7-5-12(17)6-8-13)19-14-4-2-3-11(9-14)15(18)21/h2-10,19H,1H3,(H2,18,21)(H,20,22). The average Bonchev–Trinajstić information content (AvgIpc) is 2.49. The Balaban J connectivity index is 2.00. The van der Waals surface area contributed by atoms with E-state index in [1.807, 2.05) is 0 Å². The third kappa shape index (κ3) is 4.05. The van der Waals surface area contributed by atoms with Gasteiger partial charge in [-0.3, -0.25) is 9.59 Å². The molecule has 0 aliphatic carbocycles. The summed E-state index contributed by atoms with van der Waals surface area (Å²) in [5.74, 6) is -1.18. The lowest BCUT2D eigenvalue weighted by atomic mass is 10.1. The Morgan fingerprint density at radius 2 is 1.77 bits per heavy atom. The van der Waals surface area contributed by atoms with Crippen LogP contribution in [0.5, 0.6) is 0 Å². The first-order valence-corrected chi connectivity index (χ1v) is 6.68. The molecule has 0 saturated heterocycles. The van der Waals surface area contributed by atoms with Gasteiger partial charge in [-0.05, 0) is 49.4 Å². The van der Waals surface area contributed by atoms with Gasteiger partial charge in [-0.15, -0.1) is 0 Å². The van der Waals surface area contributed by atoms with Gasteiger partial charge in [0.2, 0.25) is 11.8 Å². The van der Waals surface area contributed by atoms with Gasteiger partial charge in [0.1, 0.15) is 11.9 Å². The molecule has 114 valence electrons. The Labute approximate surface area is 127 Å². The predicted octanol–water partition coefficient (Wildman–Crippen LogP) is 2.36. The molecule has 0 spiro atoms. The Morgan fingerprint density at radius 3 is 2.41 bits per heavy atom. The fourth-order valence-corrected chi connectivity index (χ4v) is 1.86. The zero-order valence-corrected chi connectivity index (χ0v) is 12.0. The van der Waals surface area contributed by atoms with E-state index in [0.717, 1.165) is 0 Å². The van der Waals surface area contributed by atoms with Crippen LogP contribution in [0.2, 0.25) is 0 Å². The predicted molar refractivity (Wildman–Crippen MR) is 83.1 cm³/mol. The average molecular weight is 301 g/mol. The molecule has 0 fully saturated rings. The Hall–Kier alpha value is -2.89. The van der Waals surface area contributed by atoms with Gasteiger partial charge in [0.05, 0.1) is 0 Å². The first kappa shape index (κ1) is 15.5. The minimum Gasteiger partial charge on any atom is -0.374 e. The number of hydrogen-bond acceptors (Lipinski definition) is 3. The number of halogens is 1. The summed E-state index contributed by atoms with van der Waals surface area (Å²) in [4.78, 5) is 23.2. The molecule has 1 atom stereocenters. The molecule has 6 heteroatoms. The van der Waals surface area contributed by atoms with Crippen molar-refractivity contribution in [1.82, 2.24) is 0 Å². The molecule has 0 saturated carbocycles. The highest BCUT2D eigenvalue weighted by molar-refractivity contribution is 5.97. The van der Waals surface area contributed by atoms with E-state index in [1.54, 1.807) is 31.2 Å². The summed E-state index contributed by atoms with van der Waals surface area (Å²) < 4.78 is 12.8. The molecule has 4 N–H and O–H groups in total. The van der Waals surface area contributed by atoms with Gasteiger partial charge < -0.3 is 16.4 Å².